The van der Waals surface area contributed by atoms with Crippen LogP contribution in [0.4, 0.5) is 0 Å². The first kappa shape index (κ1) is 20.9. The first-order chi connectivity index (χ1) is 15.7. The summed E-state index contributed by atoms with van der Waals surface area (Å²) < 4.78 is 10.5. The van der Waals surface area contributed by atoms with Crippen molar-refractivity contribution in [2.45, 2.75) is 0 Å². The Bertz CT molecular complexity index is 1230. The van der Waals surface area contributed by atoms with Gasteiger partial charge in [-0.25, -0.2) is 5.43 Å². The molecule has 1 aromatic heterocycles. The van der Waals surface area contributed by atoms with Gasteiger partial charge >= 0.3 is 0 Å². The third-order valence-corrected chi connectivity index (χ3v) is 4.92. The fourth-order valence-electron chi connectivity index (χ4n) is 3.21. The van der Waals surface area contributed by atoms with Crippen molar-refractivity contribution < 1.29 is 14.3 Å². The van der Waals surface area contributed by atoms with Crippen molar-refractivity contribution in [3.63, 3.8) is 0 Å². The topological polar surface area (TPSA) is 88.6 Å². The van der Waals surface area contributed by atoms with Gasteiger partial charge in [0.15, 0.2) is 0 Å². The largest absolute Gasteiger partial charge is 0.497 e. The van der Waals surface area contributed by atoms with E-state index < -0.39 is 5.91 Å². The first-order valence-corrected chi connectivity index (χ1v) is 9.94. The van der Waals surface area contributed by atoms with Gasteiger partial charge in [0, 0.05) is 11.1 Å². The Morgan fingerprint density at radius 3 is 2.34 bits per heavy atom. The molecular formula is C25H22N4O3. The number of carbonyl (C=O) groups excluding carboxylic acids is 1. The van der Waals surface area contributed by atoms with Crippen LogP contribution in [0, 0.1) is 0 Å². The molecule has 0 aliphatic heterocycles. The molecule has 0 unspecified atom stereocenters. The van der Waals surface area contributed by atoms with Crippen LogP contribution in [0.1, 0.15) is 16.1 Å². The van der Waals surface area contributed by atoms with E-state index in [1.54, 1.807) is 38.5 Å². The van der Waals surface area contributed by atoms with E-state index in [4.69, 9.17) is 9.47 Å². The van der Waals surface area contributed by atoms with Crippen LogP contribution in [-0.4, -0.2) is 36.5 Å². The molecule has 0 fully saturated rings. The molecule has 7 heteroatoms. The zero-order chi connectivity index (χ0) is 22.3. The van der Waals surface area contributed by atoms with Crippen LogP contribution in [0.5, 0.6) is 11.5 Å². The lowest BCUT2D eigenvalue weighted by Crippen LogP contribution is -2.18. The molecule has 4 aromatic rings. The maximum Gasteiger partial charge on any atom is 0.289 e. The molecule has 7 nitrogen and oxygen atoms in total. The van der Waals surface area contributed by atoms with Gasteiger partial charge in [-0.1, -0.05) is 54.6 Å². The zero-order valence-corrected chi connectivity index (χ0v) is 17.7. The van der Waals surface area contributed by atoms with Crippen molar-refractivity contribution in [3.05, 3.63) is 90.1 Å². The van der Waals surface area contributed by atoms with Crippen LogP contribution in [0.15, 0.2) is 84.0 Å². The summed E-state index contributed by atoms with van der Waals surface area (Å²) in [5, 5.41) is 11.0. The summed E-state index contributed by atoms with van der Waals surface area (Å²) in [7, 11) is 3.14. The summed E-state index contributed by atoms with van der Waals surface area (Å²) in [5.74, 6) is 0.879. The summed E-state index contributed by atoms with van der Waals surface area (Å²) in [5.41, 5.74) is 7.32. The minimum absolute atomic E-state index is 0.307. The van der Waals surface area contributed by atoms with Gasteiger partial charge in [0.2, 0.25) is 0 Å². The molecule has 0 aliphatic rings. The second-order valence-electron chi connectivity index (χ2n) is 6.92. The molecule has 3 aromatic carbocycles. The molecule has 0 saturated heterocycles. The number of nitrogens with one attached hydrogen (secondary N) is 2. The molecule has 160 valence electrons. The maximum atomic E-state index is 12.4. The maximum absolute atomic E-state index is 12.4. The van der Waals surface area contributed by atoms with Gasteiger partial charge in [-0.15, -0.1) is 0 Å². The van der Waals surface area contributed by atoms with E-state index in [1.807, 2.05) is 42.5 Å². The summed E-state index contributed by atoms with van der Waals surface area (Å²) in [6, 6.07) is 25.2. The van der Waals surface area contributed by atoms with Crippen molar-refractivity contribution >= 4 is 12.1 Å². The van der Waals surface area contributed by atoms with Crippen molar-refractivity contribution in [3.8, 4) is 33.9 Å². The first-order valence-electron chi connectivity index (χ1n) is 9.94. The number of amides is 1. The zero-order valence-electron chi connectivity index (χ0n) is 17.7. The van der Waals surface area contributed by atoms with Gasteiger partial charge in [-0.05, 0) is 35.4 Å². The molecule has 1 heterocycles. The molecule has 0 spiro atoms. The quantitative estimate of drug-likeness (QED) is 0.336. The number of carbonyl (C=O) groups is 1. The standard InChI is InChI=1S/C25H22N4O3/c1-31-21-12-13-24(32-2)20(14-21)16-26-29-25(30)23-15-22(27-28-23)19-10-8-18(9-11-19)17-6-4-3-5-7-17/h3-16H,1-2H3,(H,27,28)(H,29,30)/b26-16-. The summed E-state index contributed by atoms with van der Waals surface area (Å²) >= 11 is 0. The van der Waals surface area contributed by atoms with Gasteiger partial charge in [0.05, 0.1) is 26.1 Å². The second kappa shape index (κ2) is 9.61. The van der Waals surface area contributed by atoms with Gasteiger partial charge in [-0.2, -0.15) is 10.2 Å². The van der Waals surface area contributed by atoms with E-state index in [0.29, 0.717) is 28.5 Å². The normalized spacial score (nSPS) is 10.8. The number of H-pyrrole nitrogens is 1. The lowest BCUT2D eigenvalue weighted by molar-refractivity contribution is 0.0950. The van der Waals surface area contributed by atoms with Crippen LogP contribution in [0.2, 0.25) is 0 Å². The number of hydrogen-bond donors (Lipinski definition) is 2. The molecule has 0 radical (unpaired) electrons. The van der Waals surface area contributed by atoms with Gasteiger partial charge < -0.3 is 9.47 Å². The van der Waals surface area contributed by atoms with Gasteiger partial charge in [0.25, 0.3) is 5.91 Å². The number of ether oxygens (including phenoxy) is 2. The molecule has 0 atom stereocenters. The van der Waals surface area contributed by atoms with E-state index in [9.17, 15) is 4.79 Å². The van der Waals surface area contributed by atoms with Crippen molar-refractivity contribution in [2.24, 2.45) is 5.10 Å². The minimum atomic E-state index is -0.400. The third-order valence-electron chi connectivity index (χ3n) is 4.92. The molecule has 0 saturated carbocycles. The number of hydrazone groups is 1. The number of methoxy groups -OCH3 is 2. The number of aromatic amines is 1. The van der Waals surface area contributed by atoms with E-state index in [-0.39, 0.29) is 0 Å². The van der Waals surface area contributed by atoms with Crippen LogP contribution < -0.4 is 14.9 Å². The monoisotopic (exact) mass is 426 g/mol. The summed E-state index contributed by atoms with van der Waals surface area (Å²) in [4.78, 5) is 12.4. The third kappa shape index (κ3) is 4.67. The Hall–Kier alpha value is -4.39. The molecule has 2 N–H and O–H groups in total. The van der Waals surface area contributed by atoms with Crippen LogP contribution in [0.3, 0.4) is 0 Å². The predicted octanol–water partition coefficient (Wildman–Crippen LogP) is 4.52. The molecule has 0 aliphatic carbocycles. The molecule has 0 bridgehead atoms. The molecule has 32 heavy (non-hydrogen) atoms. The number of nitrogens with zero attached hydrogens (tertiary/aromatic N) is 2. The van der Waals surface area contributed by atoms with E-state index in [1.165, 1.54) is 6.21 Å². The molecule has 1 amide bonds. The highest BCUT2D eigenvalue weighted by Crippen LogP contribution is 2.24. The van der Waals surface area contributed by atoms with Crippen LogP contribution in [0.25, 0.3) is 22.4 Å². The average molecular weight is 426 g/mol. The lowest BCUT2D eigenvalue weighted by Gasteiger charge is -2.06. The SMILES string of the molecule is COc1ccc(OC)c(/C=N\NC(=O)c2cc(-c3ccc(-c4ccccc4)cc3)n[nH]2)c1. The number of hydrogen-bond acceptors (Lipinski definition) is 5. The highest BCUT2D eigenvalue weighted by atomic mass is 16.5. The van der Waals surface area contributed by atoms with E-state index in [2.05, 4.69) is 32.9 Å². The predicted molar refractivity (Wildman–Crippen MR) is 124 cm³/mol. The number of aromatic nitrogens is 2. The Balaban J connectivity index is 1.43. The van der Waals surface area contributed by atoms with Gasteiger partial charge in [0.1, 0.15) is 17.2 Å². The fraction of sp³-hybridized carbons (Fsp3) is 0.0800. The Morgan fingerprint density at radius 1 is 0.906 bits per heavy atom. The Morgan fingerprint density at radius 2 is 1.62 bits per heavy atom. The second-order valence-corrected chi connectivity index (χ2v) is 6.92. The van der Waals surface area contributed by atoms with Crippen molar-refractivity contribution in [1.29, 1.82) is 0 Å². The number of benzene rings is 3. The van der Waals surface area contributed by atoms with Crippen LogP contribution in [-0.2, 0) is 0 Å². The fourth-order valence-corrected chi connectivity index (χ4v) is 3.21. The summed E-state index contributed by atoms with van der Waals surface area (Å²) in [6.45, 7) is 0. The van der Waals surface area contributed by atoms with Crippen molar-refractivity contribution in [1.82, 2.24) is 15.6 Å². The smallest absolute Gasteiger partial charge is 0.289 e. The average Bonchev–Trinajstić information content (AvgIpc) is 3.35. The van der Waals surface area contributed by atoms with Gasteiger partial charge in [-0.3, -0.25) is 9.89 Å². The molecular weight excluding hydrogens is 404 g/mol. The van der Waals surface area contributed by atoms with Crippen LogP contribution >= 0.6 is 0 Å². The summed E-state index contributed by atoms with van der Waals surface area (Å²) in [6.07, 6.45) is 1.50. The Labute approximate surface area is 185 Å². The lowest BCUT2D eigenvalue weighted by atomic mass is 10.0. The molecule has 4 rings (SSSR count). The van der Waals surface area contributed by atoms with Crippen molar-refractivity contribution in [2.75, 3.05) is 14.2 Å². The Kier molecular flexibility index (Phi) is 6.27. The number of rotatable bonds is 7. The van der Waals surface area contributed by atoms with E-state index in [0.717, 1.165) is 16.7 Å². The van der Waals surface area contributed by atoms with E-state index >= 15 is 0 Å². The highest BCUT2D eigenvalue weighted by Gasteiger charge is 2.11. The highest BCUT2D eigenvalue weighted by molar-refractivity contribution is 5.94. The minimum Gasteiger partial charge on any atom is -0.497 e.